The Morgan fingerprint density at radius 1 is 1.26 bits per heavy atom. The molecule has 0 bridgehead atoms. The van der Waals surface area contributed by atoms with Crippen molar-refractivity contribution in [1.82, 2.24) is 15.2 Å². The van der Waals surface area contributed by atoms with E-state index in [1.807, 2.05) is 0 Å². The second-order valence-electron chi connectivity index (χ2n) is 5.10. The van der Waals surface area contributed by atoms with Crippen LogP contribution < -0.4 is 5.32 Å². The molecule has 0 saturated carbocycles. The Balaban J connectivity index is 2.59. The maximum Gasteiger partial charge on any atom is 0.0547 e. The lowest BCUT2D eigenvalue weighted by molar-refractivity contribution is 0.185. The van der Waals surface area contributed by atoms with Crippen LogP contribution in [0, 0.1) is 6.92 Å². The Kier molecular flexibility index (Phi) is 7.68. The molecule has 108 valence electrons. The van der Waals surface area contributed by atoms with Crippen LogP contribution in [-0.2, 0) is 6.54 Å². The molecule has 1 atom stereocenters. The maximum atomic E-state index is 4.61. The number of aromatic nitrogens is 1. The highest BCUT2D eigenvalue weighted by Gasteiger charge is 2.15. The minimum absolute atomic E-state index is 0.596. The molecule has 0 spiro atoms. The molecule has 1 aromatic heterocycles. The fourth-order valence-electron chi connectivity index (χ4n) is 2.37. The van der Waals surface area contributed by atoms with E-state index in [9.17, 15) is 0 Å². The molecule has 1 N–H and O–H groups in total. The van der Waals surface area contributed by atoms with Gasteiger partial charge in [-0.3, -0.25) is 9.88 Å². The summed E-state index contributed by atoms with van der Waals surface area (Å²) in [5.41, 5.74) is 2.28. The monoisotopic (exact) mass is 263 g/mol. The number of rotatable bonds is 9. The zero-order chi connectivity index (χ0) is 14.1. The highest BCUT2D eigenvalue weighted by atomic mass is 15.2. The summed E-state index contributed by atoms with van der Waals surface area (Å²) < 4.78 is 0. The second-order valence-corrected chi connectivity index (χ2v) is 5.10. The number of nitrogens with one attached hydrogen (secondary N) is 1. The van der Waals surface area contributed by atoms with Gasteiger partial charge in [0.15, 0.2) is 0 Å². The topological polar surface area (TPSA) is 28.2 Å². The van der Waals surface area contributed by atoms with Gasteiger partial charge in [-0.25, -0.2) is 0 Å². The highest BCUT2D eigenvalue weighted by Crippen LogP contribution is 2.09. The molecule has 0 fully saturated rings. The Hall–Kier alpha value is -0.930. The first-order chi connectivity index (χ1) is 9.21. The first-order valence-corrected chi connectivity index (χ1v) is 7.58. The largest absolute Gasteiger partial charge is 0.315 e. The molecule has 0 amide bonds. The average molecular weight is 263 g/mol. The summed E-state index contributed by atoms with van der Waals surface area (Å²) in [6, 6.07) is 6.88. The lowest BCUT2D eigenvalue weighted by Gasteiger charge is -2.30. The van der Waals surface area contributed by atoms with Gasteiger partial charge >= 0.3 is 0 Å². The van der Waals surface area contributed by atoms with Crippen LogP contribution >= 0.6 is 0 Å². The van der Waals surface area contributed by atoms with Gasteiger partial charge in [-0.2, -0.15) is 0 Å². The van der Waals surface area contributed by atoms with Crippen molar-refractivity contribution in [2.24, 2.45) is 0 Å². The van der Waals surface area contributed by atoms with Crippen molar-refractivity contribution in [2.45, 2.75) is 53.1 Å². The van der Waals surface area contributed by atoms with Crippen molar-refractivity contribution in [2.75, 3.05) is 19.6 Å². The molecule has 1 heterocycles. The highest BCUT2D eigenvalue weighted by molar-refractivity contribution is 5.09. The predicted molar refractivity (Wildman–Crippen MR) is 82.3 cm³/mol. The van der Waals surface area contributed by atoms with Crippen LogP contribution in [0.1, 0.15) is 45.0 Å². The lowest BCUT2D eigenvalue weighted by atomic mass is 10.1. The summed E-state index contributed by atoms with van der Waals surface area (Å²) >= 11 is 0. The van der Waals surface area contributed by atoms with Gasteiger partial charge in [0, 0.05) is 24.8 Å². The zero-order valence-electron chi connectivity index (χ0n) is 12.9. The van der Waals surface area contributed by atoms with Crippen LogP contribution in [0.4, 0.5) is 0 Å². The third kappa shape index (κ3) is 5.70. The lowest BCUT2D eigenvalue weighted by Crippen LogP contribution is -2.41. The normalized spacial score (nSPS) is 12.9. The molecular formula is C16H29N3. The van der Waals surface area contributed by atoms with Crippen molar-refractivity contribution >= 4 is 0 Å². The summed E-state index contributed by atoms with van der Waals surface area (Å²) in [4.78, 5) is 7.13. The van der Waals surface area contributed by atoms with Crippen molar-refractivity contribution in [3.8, 4) is 0 Å². The second kappa shape index (κ2) is 9.05. The molecule has 0 aliphatic rings. The van der Waals surface area contributed by atoms with Crippen LogP contribution in [0.3, 0.4) is 0 Å². The van der Waals surface area contributed by atoms with Crippen molar-refractivity contribution < 1.29 is 0 Å². The first-order valence-electron chi connectivity index (χ1n) is 7.58. The molecule has 0 aromatic carbocycles. The van der Waals surface area contributed by atoms with Gasteiger partial charge in [-0.1, -0.05) is 26.8 Å². The standard InChI is InChI=1S/C16H29N3/c1-5-11-17-12-16(6-2)19(7-3)13-15-10-8-9-14(4)18-15/h8-10,16-17H,5-7,11-13H2,1-4H3. The molecule has 0 aliphatic carbocycles. The summed E-state index contributed by atoms with van der Waals surface area (Å²) in [6.45, 7) is 13.0. The van der Waals surface area contributed by atoms with E-state index in [0.29, 0.717) is 6.04 Å². The van der Waals surface area contributed by atoms with Crippen molar-refractivity contribution in [3.05, 3.63) is 29.6 Å². The van der Waals surface area contributed by atoms with E-state index in [1.165, 1.54) is 18.5 Å². The van der Waals surface area contributed by atoms with Gasteiger partial charge in [-0.15, -0.1) is 0 Å². The molecular weight excluding hydrogens is 234 g/mol. The maximum absolute atomic E-state index is 4.61. The molecule has 0 aliphatic heterocycles. The molecule has 1 unspecified atom stereocenters. The van der Waals surface area contributed by atoms with Gasteiger partial charge in [0.2, 0.25) is 0 Å². The molecule has 0 radical (unpaired) electrons. The summed E-state index contributed by atoms with van der Waals surface area (Å²) in [5.74, 6) is 0. The van der Waals surface area contributed by atoms with Gasteiger partial charge in [-0.05, 0) is 45.0 Å². The van der Waals surface area contributed by atoms with Crippen molar-refractivity contribution in [1.29, 1.82) is 0 Å². The third-order valence-electron chi connectivity index (χ3n) is 3.51. The molecule has 3 nitrogen and oxygen atoms in total. The Morgan fingerprint density at radius 3 is 2.63 bits per heavy atom. The smallest absolute Gasteiger partial charge is 0.0547 e. The SMILES string of the molecule is CCCNCC(CC)N(CC)Cc1cccc(C)n1. The van der Waals surface area contributed by atoms with Crippen LogP contribution in [0.5, 0.6) is 0 Å². The van der Waals surface area contributed by atoms with Crippen LogP contribution in [0.25, 0.3) is 0 Å². The van der Waals surface area contributed by atoms with E-state index >= 15 is 0 Å². The van der Waals surface area contributed by atoms with Crippen molar-refractivity contribution in [3.63, 3.8) is 0 Å². The average Bonchev–Trinajstić information content (AvgIpc) is 2.42. The quantitative estimate of drug-likeness (QED) is 0.694. The predicted octanol–water partition coefficient (Wildman–Crippen LogP) is 2.99. The van der Waals surface area contributed by atoms with E-state index in [2.05, 4.69) is 61.1 Å². The van der Waals surface area contributed by atoms with Crippen LogP contribution in [-0.4, -0.2) is 35.6 Å². The van der Waals surface area contributed by atoms with Crippen LogP contribution in [0.2, 0.25) is 0 Å². The summed E-state index contributed by atoms with van der Waals surface area (Å²) in [5, 5.41) is 3.54. The minimum atomic E-state index is 0.596. The number of likely N-dealkylation sites (N-methyl/N-ethyl adjacent to an activating group) is 1. The van der Waals surface area contributed by atoms with Crippen LogP contribution in [0.15, 0.2) is 18.2 Å². The fraction of sp³-hybridized carbons (Fsp3) is 0.688. The molecule has 3 heteroatoms. The minimum Gasteiger partial charge on any atom is -0.315 e. The number of nitrogens with zero attached hydrogens (tertiary/aromatic N) is 2. The first kappa shape index (κ1) is 16.1. The number of hydrogen-bond acceptors (Lipinski definition) is 3. The van der Waals surface area contributed by atoms with E-state index in [4.69, 9.17) is 0 Å². The van der Waals surface area contributed by atoms with E-state index in [0.717, 1.165) is 31.9 Å². The molecule has 0 saturated heterocycles. The Labute approximate surface area is 118 Å². The number of pyridine rings is 1. The van der Waals surface area contributed by atoms with Gasteiger partial charge in [0.25, 0.3) is 0 Å². The summed E-state index contributed by atoms with van der Waals surface area (Å²) in [7, 11) is 0. The third-order valence-corrected chi connectivity index (χ3v) is 3.51. The van der Waals surface area contributed by atoms with E-state index in [-0.39, 0.29) is 0 Å². The molecule has 19 heavy (non-hydrogen) atoms. The number of aryl methyl sites for hydroxylation is 1. The van der Waals surface area contributed by atoms with Gasteiger partial charge in [0.1, 0.15) is 0 Å². The number of hydrogen-bond donors (Lipinski definition) is 1. The van der Waals surface area contributed by atoms with Gasteiger partial charge < -0.3 is 5.32 Å². The summed E-state index contributed by atoms with van der Waals surface area (Å²) in [6.07, 6.45) is 2.37. The Morgan fingerprint density at radius 2 is 2.05 bits per heavy atom. The van der Waals surface area contributed by atoms with E-state index < -0.39 is 0 Å². The van der Waals surface area contributed by atoms with E-state index in [1.54, 1.807) is 0 Å². The fourth-order valence-corrected chi connectivity index (χ4v) is 2.37. The zero-order valence-corrected chi connectivity index (χ0v) is 12.9. The molecule has 1 rings (SSSR count). The Bertz CT molecular complexity index is 352. The van der Waals surface area contributed by atoms with Gasteiger partial charge in [0.05, 0.1) is 5.69 Å². The molecule has 1 aromatic rings.